The fourth-order valence-corrected chi connectivity index (χ4v) is 2.11. The number of hydrogen-bond donors (Lipinski definition) is 1. The van der Waals surface area contributed by atoms with Gasteiger partial charge in [-0.25, -0.2) is 4.39 Å². The Morgan fingerprint density at radius 3 is 2.22 bits per heavy atom. The fraction of sp³-hybridized carbons (Fsp3) is 0.300. The third-order valence-corrected chi connectivity index (χ3v) is 3.31. The molecule has 2 aromatic rings. The van der Waals surface area contributed by atoms with Gasteiger partial charge in [-0.2, -0.15) is 0 Å². The molecule has 7 heteroatoms. The van der Waals surface area contributed by atoms with E-state index in [1.165, 1.54) is 24.3 Å². The molecule has 0 unspecified atom stereocenters. The number of hydrogen-bond acceptors (Lipinski definition) is 5. The maximum Gasteiger partial charge on any atom is 0.325 e. The number of carbonyl (C=O) groups excluding carboxylic acids is 2. The number of benzene rings is 2. The first kappa shape index (κ1) is 20.2. The van der Waals surface area contributed by atoms with Crippen molar-refractivity contribution in [3.05, 3.63) is 59.9 Å². The Morgan fingerprint density at radius 1 is 0.963 bits per heavy atom. The van der Waals surface area contributed by atoms with Gasteiger partial charge in [0.05, 0.1) is 6.10 Å². The lowest BCUT2D eigenvalue weighted by atomic mass is 10.2. The van der Waals surface area contributed by atoms with Crippen LogP contribution < -0.4 is 14.8 Å². The highest BCUT2D eigenvalue weighted by atomic mass is 19.1. The Labute approximate surface area is 157 Å². The van der Waals surface area contributed by atoms with Gasteiger partial charge in [0.15, 0.2) is 0 Å². The smallest absolute Gasteiger partial charge is 0.325 e. The van der Waals surface area contributed by atoms with Gasteiger partial charge in [-0.15, -0.1) is 0 Å². The van der Waals surface area contributed by atoms with E-state index in [0.29, 0.717) is 17.1 Å². The van der Waals surface area contributed by atoms with Crippen LogP contribution in [0.15, 0.2) is 48.5 Å². The minimum atomic E-state index is -0.578. The summed E-state index contributed by atoms with van der Waals surface area (Å²) in [5.41, 5.74) is 0.415. The van der Waals surface area contributed by atoms with Gasteiger partial charge in [0.25, 0.3) is 5.91 Å². The third-order valence-electron chi connectivity index (χ3n) is 3.31. The zero-order valence-electron chi connectivity index (χ0n) is 15.2. The molecule has 0 saturated heterocycles. The summed E-state index contributed by atoms with van der Waals surface area (Å²) < 4.78 is 28.5. The highest BCUT2D eigenvalue weighted by molar-refractivity contribution is 5.96. The average molecular weight is 375 g/mol. The Kier molecular flexibility index (Phi) is 7.61. The minimum Gasteiger partial charge on any atom is -0.491 e. The summed E-state index contributed by atoms with van der Waals surface area (Å²) in [6.45, 7) is 3.73. The highest BCUT2D eigenvalue weighted by Gasteiger charge is 2.09. The largest absolute Gasteiger partial charge is 0.491 e. The molecule has 0 aliphatic carbocycles. The predicted octanol–water partition coefficient (Wildman–Crippen LogP) is 2.96. The van der Waals surface area contributed by atoms with Gasteiger partial charge in [0, 0.05) is 5.56 Å². The monoisotopic (exact) mass is 375 g/mol. The molecule has 0 aliphatic rings. The maximum absolute atomic E-state index is 12.8. The van der Waals surface area contributed by atoms with Crippen LogP contribution in [0, 0.1) is 5.82 Å². The summed E-state index contributed by atoms with van der Waals surface area (Å²) in [5.74, 6) is -0.171. The summed E-state index contributed by atoms with van der Waals surface area (Å²) in [6.07, 6.45) is 0.0477. The summed E-state index contributed by atoms with van der Waals surface area (Å²) >= 11 is 0. The van der Waals surface area contributed by atoms with Crippen LogP contribution in [0.5, 0.6) is 11.5 Å². The van der Waals surface area contributed by atoms with Crippen molar-refractivity contribution >= 4 is 11.9 Å². The number of amides is 1. The van der Waals surface area contributed by atoms with Crippen LogP contribution >= 0.6 is 0 Å². The van der Waals surface area contributed by atoms with E-state index in [1.807, 2.05) is 13.8 Å². The van der Waals surface area contributed by atoms with Crippen molar-refractivity contribution in [2.45, 2.75) is 20.0 Å². The van der Waals surface area contributed by atoms with Crippen molar-refractivity contribution in [2.75, 3.05) is 19.8 Å². The van der Waals surface area contributed by atoms with Crippen LogP contribution in [-0.2, 0) is 9.53 Å². The number of halogens is 1. The van der Waals surface area contributed by atoms with Crippen LogP contribution in [0.3, 0.4) is 0 Å². The lowest BCUT2D eigenvalue weighted by Crippen LogP contribution is -2.31. The van der Waals surface area contributed by atoms with E-state index in [2.05, 4.69) is 5.32 Å². The molecular formula is C20H22FNO5. The lowest BCUT2D eigenvalue weighted by Gasteiger charge is -2.10. The molecular weight excluding hydrogens is 353 g/mol. The van der Waals surface area contributed by atoms with Crippen LogP contribution in [0.25, 0.3) is 0 Å². The number of carbonyl (C=O) groups is 2. The molecule has 0 fully saturated rings. The first-order chi connectivity index (χ1) is 12.9. The van der Waals surface area contributed by atoms with Crippen molar-refractivity contribution in [2.24, 2.45) is 0 Å². The summed E-state index contributed by atoms with van der Waals surface area (Å²) in [4.78, 5) is 23.7. The number of ether oxygens (including phenoxy) is 3. The molecule has 1 N–H and O–H groups in total. The molecule has 0 heterocycles. The van der Waals surface area contributed by atoms with Gasteiger partial charge < -0.3 is 19.5 Å². The van der Waals surface area contributed by atoms with E-state index >= 15 is 0 Å². The van der Waals surface area contributed by atoms with E-state index in [4.69, 9.17) is 14.2 Å². The van der Waals surface area contributed by atoms with Crippen molar-refractivity contribution in [3.8, 4) is 11.5 Å². The molecule has 0 spiro atoms. The molecule has 1 amide bonds. The first-order valence-electron chi connectivity index (χ1n) is 8.53. The molecule has 0 aliphatic heterocycles. The second-order valence-corrected chi connectivity index (χ2v) is 5.90. The topological polar surface area (TPSA) is 73.9 Å². The minimum absolute atomic E-state index is 0.0211. The third kappa shape index (κ3) is 7.35. The molecule has 0 aromatic heterocycles. The maximum atomic E-state index is 12.8. The van der Waals surface area contributed by atoms with Gasteiger partial charge in [0.2, 0.25) is 0 Å². The normalized spacial score (nSPS) is 10.4. The zero-order valence-corrected chi connectivity index (χ0v) is 15.2. The Hall–Kier alpha value is -3.09. The van der Waals surface area contributed by atoms with Crippen molar-refractivity contribution in [1.82, 2.24) is 5.32 Å². The SMILES string of the molecule is CC(C)Oc1ccc(C(=O)NCC(=O)OCCOc2ccc(F)cc2)cc1. The van der Waals surface area contributed by atoms with E-state index in [0.717, 1.165) is 0 Å². The zero-order chi connectivity index (χ0) is 19.6. The Balaban J connectivity index is 1.65. The molecule has 6 nitrogen and oxygen atoms in total. The fourth-order valence-electron chi connectivity index (χ4n) is 2.11. The molecule has 2 rings (SSSR count). The Morgan fingerprint density at radius 2 is 1.59 bits per heavy atom. The molecule has 0 atom stereocenters. The average Bonchev–Trinajstić information content (AvgIpc) is 2.65. The Bertz CT molecular complexity index is 744. The van der Waals surface area contributed by atoms with E-state index in [-0.39, 0.29) is 37.6 Å². The van der Waals surface area contributed by atoms with Gasteiger partial charge in [-0.05, 0) is 62.4 Å². The summed E-state index contributed by atoms with van der Waals surface area (Å²) in [6, 6.07) is 12.1. The van der Waals surface area contributed by atoms with Crippen LogP contribution in [0.4, 0.5) is 4.39 Å². The number of nitrogens with one attached hydrogen (secondary N) is 1. The quantitative estimate of drug-likeness (QED) is 0.539. The lowest BCUT2D eigenvalue weighted by molar-refractivity contribution is -0.143. The molecule has 0 saturated carbocycles. The van der Waals surface area contributed by atoms with Crippen LogP contribution in [0.2, 0.25) is 0 Å². The summed E-state index contributed by atoms with van der Waals surface area (Å²) in [5, 5.41) is 2.49. The van der Waals surface area contributed by atoms with Crippen LogP contribution in [-0.4, -0.2) is 37.7 Å². The standard InChI is InChI=1S/C20H22FNO5/c1-14(2)27-18-7-3-15(4-8-18)20(24)22-13-19(23)26-12-11-25-17-9-5-16(21)6-10-17/h3-10,14H,11-13H2,1-2H3,(H,22,24). The number of esters is 1. The van der Waals surface area contributed by atoms with Crippen molar-refractivity contribution < 1.29 is 28.2 Å². The number of rotatable bonds is 9. The van der Waals surface area contributed by atoms with E-state index in [1.54, 1.807) is 24.3 Å². The predicted molar refractivity (Wildman–Crippen MR) is 97.4 cm³/mol. The van der Waals surface area contributed by atoms with Crippen molar-refractivity contribution in [1.29, 1.82) is 0 Å². The van der Waals surface area contributed by atoms with E-state index in [9.17, 15) is 14.0 Å². The molecule has 2 aromatic carbocycles. The van der Waals surface area contributed by atoms with Gasteiger partial charge >= 0.3 is 5.97 Å². The summed E-state index contributed by atoms with van der Waals surface area (Å²) in [7, 11) is 0. The molecule has 0 radical (unpaired) electrons. The first-order valence-corrected chi connectivity index (χ1v) is 8.53. The second-order valence-electron chi connectivity index (χ2n) is 5.90. The second kappa shape index (κ2) is 10.2. The molecule has 0 bridgehead atoms. The van der Waals surface area contributed by atoms with Gasteiger partial charge in [-0.1, -0.05) is 0 Å². The molecule has 144 valence electrons. The van der Waals surface area contributed by atoms with E-state index < -0.39 is 5.97 Å². The van der Waals surface area contributed by atoms with Gasteiger partial charge in [-0.3, -0.25) is 9.59 Å². The van der Waals surface area contributed by atoms with Crippen LogP contribution in [0.1, 0.15) is 24.2 Å². The van der Waals surface area contributed by atoms with Gasteiger partial charge in [0.1, 0.15) is 37.1 Å². The van der Waals surface area contributed by atoms with Crippen molar-refractivity contribution in [3.63, 3.8) is 0 Å². The highest BCUT2D eigenvalue weighted by Crippen LogP contribution is 2.14. The molecule has 27 heavy (non-hydrogen) atoms.